The van der Waals surface area contributed by atoms with Crippen LogP contribution in [0.2, 0.25) is 0 Å². The number of nitrogens with two attached hydrogens (primary N) is 2. The second-order valence-electron chi connectivity index (χ2n) is 8.08. The van der Waals surface area contributed by atoms with Crippen molar-refractivity contribution < 1.29 is 29.1 Å². The van der Waals surface area contributed by atoms with Crippen molar-refractivity contribution in [3.05, 3.63) is 60.2 Å². The summed E-state index contributed by atoms with van der Waals surface area (Å²) in [5.74, 6) is -3.90. The second-order valence-corrected chi connectivity index (χ2v) is 8.08. The Morgan fingerprint density at radius 3 is 1.91 bits per heavy atom. The van der Waals surface area contributed by atoms with Gasteiger partial charge in [0.05, 0.1) is 0 Å². The number of hydrogen-bond acceptors (Lipinski definition) is 5. The molecular formula is C25H30N4O6. The van der Waals surface area contributed by atoms with Crippen molar-refractivity contribution in [3.8, 4) is 11.1 Å². The van der Waals surface area contributed by atoms with Crippen LogP contribution in [0.1, 0.15) is 37.7 Å². The first-order valence-electron chi connectivity index (χ1n) is 11.2. The van der Waals surface area contributed by atoms with Gasteiger partial charge in [-0.05, 0) is 36.0 Å². The highest BCUT2D eigenvalue weighted by Gasteiger charge is 2.26. The molecule has 0 aliphatic heterocycles. The quantitative estimate of drug-likeness (QED) is 0.266. The van der Waals surface area contributed by atoms with Crippen LogP contribution in [0.15, 0.2) is 54.6 Å². The number of amides is 4. The molecule has 0 aromatic heterocycles. The van der Waals surface area contributed by atoms with Crippen LogP contribution in [-0.4, -0.2) is 46.8 Å². The SMILES string of the molecule is NC(=O)CCC(NC(=O)[C@H](CCC(=O)O)NC(=O)CCc1ccc(-c2ccccc2)cc1)C(N)=O. The van der Waals surface area contributed by atoms with Gasteiger partial charge in [0, 0.05) is 19.3 Å². The van der Waals surface area contributed by atoms with E-state index in [4.69, 9.17) is 16.6 Å². The standard InChI is InChI=1S/C25H30N4O6/c26-21(30)13-11-19(24(27)34)29-25(35)20(12-15-23(32)33)28-22(31)14-8-16-6-9-18(10-7-16)17-4-2-1-3-5-17/h1-7,9-10,19-20H,8,11-15H2,(H2,26,30)(H2,27,34)(H,28,31)(H,29,35)(H,32,33)/t19?,20-/m0/s1. The molecule has 2 aromatic rings. The molecule has 0 fully saturated rings. The zero-order chi connectivity index (χ0) is 25.8. The van der Waals surface area contributed by atoms with Crippen LogP contribution in [0.5, 0.6) is 0 Å². The summed E-state index contributed by atoms with van der Waals surface area (Å²) in [5.41, 5.74) is 13.4. The number of aryl methyl sites for hydroxylation is 1. The fourth-order valence-electron chi connectivity index (χ4n) is 3.40. The number of rotatable bonds is 14. The molecule has 0 aliphatic carbocycles. The van der Waals surface area contributed by atoms with E-state index in [-0.39, 0.29) is 32.1 Å². The molecule has 2 rings (SSSR count). The van der Waals surface area contributed by atoms with Crippen LogP contribution in [-0.2, 0) is 30.4 Å². The lowest BCUT2D eigenvalue weighted by Gasteiger charge is -2.21. The van der Waals surface area contributed by atoms with E-state index in [0.29, 0.717) is 6.42 Å². The monoisotopic (exact) mass is 482 g/mol. The highest BCUT2D eigenvalue weighted by atomic mass is 16.4. The third-order valence-electron chi connectivity index (χ3n) is 5.34. The molecule has 0 saturated carbocycles. The summed E-state index contributed by atoms with van der Waals surface area (Å²) in [4.78, 5) is 58.7. The van der Waals surface area contributed by atoms with Crippen molar-refractivity contribution in [2.45, 2.75) is 50.6 Å². The first-order valence-corrected chi connectivity index (χ1v) is 11.2. The third-order valence-corrected chi connectivity index (χ3v) is 5.34. The average Bonchev–Trinajstić information content (AvgIpc) is 2.83. The minimum atomic E-state index is -1.19. The van der Waals surface area contributed by atoms with E-state index in [9.17, 15) is 24.0 Å². The summed E-state index contributed by atoms with van der Waals surface area (Å²) < 4.78 is 0. The van der Waals surface area contributed by atoms with Gasteiger partial charge in [0.15, 0.2) is 0 Å². The second kappa shape index (κ2) is 13.5. The number of carbonyl (C=O) groups is 5. The fourth-order valence-corrected chi connectivity index (χ4v) is 3.40. The number of carboxylic acid groups (broad SMARTS) is 1. The molecule has 0 aliphatic rings. The van der Waals surface area contributed by atoms with Gasteiger partial charge in [-0.15, -0.1) is 0 Å². The Kier molecular flexibility index (Phi) is 10.4. The molecular weight excluding hydrogens is 452 g/mol. The Bertz CT molecular complexity index is 1040. The van der Waals surface area contributed by atoms with E-state index in [1.54, 1.807) is 0 Å². The van der Waals surface area contributed by atoms with Gasteiger partial charge in [-0.25, -0.2) is 0 Å². The van der Waals surface area contributed by atoms with Crippen molar-refractivity contribution >= 4 is 29.6 Å². The number of aliphatic carboxylic acids is 1. The minimum absolute atomic E-state index is 0.0719. The number of primary amides is 2. The van der Waals surface area contributed by atoms with Crippen LogP contribution >= 0.6 is 0 Å². The first-order chi connectivity index (χ1) is 16.7. The van der Waals surface area contributed by atoms with Gasteiger partial charge in [-0.2, -0.15) is 0 Å². The number of hydrogen-bond donors (Lipinski definition) is 5. The van der Waals surface area contributed by atoms with Crippen LogP contribution in [0, 0.1) is 0 Å². The van der Waals surface area contributed by atoms with E-state index in [1.165, 1.54) is 0 Å². The van der Waals surface area contributed by atoms with Crippen LogP contribution in [0.3, 0.4) is 0 Å². The lowest BCUT2D eigenvalue weighted by molar-refractivity contribution is -0.138. The Hall–Kier alpha value is -4.21. The van der Waals surface area contributed by atoms with Gasteiger partial charge in [0.2, 0.25) is 23.6 Å². The fraction of sp³-hybridized carbons (Fsp3) is 0.320. The molecule has 0 saturated heterocycles. The summed E-state index contributed by atoms with van der Waals surface area (Å²) in [5, 5.41) is 13.9. The van der Waals surface area contributed by atoms with Crippen LogP contribution in [0.4, 0.5) is 0 Å². The summed E-state index contributed by atoms with van der Waals surface area (Å²) in [6, 6.07) is 15.2. The molecule has 0 spiro atoms. The van der Waals surface area contributed by atoms with Crippen LogP contribution in [0.25, 0.3) is 11.1 Å². The molecule has 1 unspecified atom stereocenters. The maximum absolute atomic E-state index is 12.7. The first kappa shape index (κ1) is 27.0. The molecule has 7 N–H and O–H groups in total. The predicted molar refractivity (Wildman–Crippen MR) is 129 cm³/mol. The molecule has 0 bridgehead atoms. The Labute approximate surface area is 203 Å². The van der Waals surface area contributed by atoms with E-state index in [0.717, 1.165) is 16.7 Å². The van der Waals surface area contributed by atoms with E-state index in [2.05, 4.69) is 10.6 Å². The summed E-state index contributed by atoms with van der Waals surface area (Å²) in [7, 11) is 0. The molecule has 4 amide bonds. The average molecular weight is 483 g/mol. The number of carbonyl (C=O) groups excluding carboxylic acids is 4. The third kappa shape index (κ3) is 9.66. The summed E-state index contributed by atoms with van der Waals surface area (Å²) in [6.07, 6.45) is -0.348. The maximum Gasteiger partial charge on any atom is 0.303 e. The van der Waals surface area contributed by atoms with E-state index >= 15 is 0 Å². The number of benzene rings is 2. The summed E-state index contributed by atoms with van der Waals surface area (Å²) in [6.45, 7) is 0. The van der Waals surface area contributed by atoms with Crippen molar-refractivity contribution in [2.75, 3.05) is 0 Å². The Morgan fingerprint density at radius 2 is 1.34 bits per heavy atom. The molecule has 0 radical (unpaired) electrons. The van der Waals surface area contributed by atoms with E-state index in [1.807, 2.05) is 54.6 Å². The summed E-state index contributed by atoms with van der Waals surface area (Å²) >= 11 is 0. The minimum Gasteiger partial charge on any atom is -0.481 e. The molecule has 10 heteroatoms. The van der Waals surface area contributed by atoms with Crippen molar-refractivity contribution in [1.29, 1.82) is 0 Å². The van der Waals surface area contributed by atoms with Gasteiger partial charge in [-0.1, -0.05) is 54.6 Å². The normalized spacial score (nSPS) is 12.2. The van der Waals surface area contributed by atoms with Gasteiger partial charge in [-0.3, -0.25) is 24.0 Å². The largest absolute Gasteiger partial charge is 0.481 e. The Balaban J connectivity index is 1.96. The zero-order valence-electron chi connectivity index (χ0n) is 19.2. The molecule has 186 valence electrons. The number of carboxylic acids is 1. The lowest BCUT2D eigenvalue weighted by Crippen LogP contribution is -2.53. The van der Waals surface area contributed by atoms with Crippen molar-refractivity contribution in [1.82, 2.24) is 10.6 Å². The lowest BCUT2D eigenvalue weighted by atomic mass is 10.0. The van der Waals surface area contributed by atoms with Gasteiger partial charge in [0.1, 0.15) is 12.1 Å². The predicted octanol–water partition coefficient (Wildman–Crippen LogP) is 0.871. The Morgan fingerprint density at radius 1 is 0.743 bits per heavy atom. The smallest absolute Gasteiger partial charge is 0.303 e. The molecule has 0 heterocycles. The van der Waals surface area contributed by atoms with Gasteiger partial charge < -0.3 is 27.2 Å². The van der Waals surface area contributed by atoms with Gasteiger partial charge >= 0.3 is 5.97 Å². The highest BCUT2D eigenvalue weighted by molar-refractivity contribution is 5.92. The topological polar surface area (TPSA) is 182 Å². The van der Waals surface area contributed by atoms with Gasteiger partial charge in [0.25, 0.3) is 0 Å². The van der Waals surface area contributed by atoms with Crippen molar-refractivity contribution in [3.63, 3.8) is 0 Å². The van der Waals surface area contributed by atoms with Crippen LogP contribution < -0.4 is 22.1 Å². The number of nitrogens with one attached hydrogen (secondary N) is 2. The highest BCUT2D eigenvalue weighted by Crippen LogP contribution is 2.19. The zero-order valence-corrected chi connectivity index (χ0v) is 19.2. The van der Waals surface area contributed by atoms with Crippen molar-refractivity contribution in [2.24, 2.45) is 11.5 Å². The molecule has 35 heavy (non-hydrogen) atoms. The molecule has 10 nitrogen and oxygen atoms in total. The molecule has 2 aromatic carbocycles. The van der Waals surface area contributed by atoms with E-state index < -0.39 is 41.7 Å². The maximum atomic E-state index is 12.7. The molecule has 2 atom stereocenters.